The van der Waals surface area contributed by atoms with Crippen molar-refractivity contribution in [2.24, 2.45) is 5.92 Å². The molecule has 1 aromatic rings. The average Bonchev–Trinajstić information content (AvgIpc) is 2.98. The summed E-state index contributed by atoms with van der Waals surface area (Å²) < 4.78 is 5.33. The molecule has 1 amide bonds. The largest absolute Gasteiger partial charge is 0.381 e. The minimum absolute atomic E-state index is 0.135. The summed E-state index contributed by atoms with van der Waals surface area (Å²) in [5.41, 5.74) is 0.966. The van der Waals surface area contributed by atoms with E-state index in [0.717, 1.165) is 37.9 Å². The molecule has 0 N–H and O–H groups in total. The van der Waals surface area contributed by atoms with E-state index in [0.29, 0.717) is 13.2 Å². The molecule has 2 aliphatic rings. The summed E-state index contributed by atoms with van der Waals surface area (Å²) in [5.74, 6) is 0.417. The van der Waals surface area contributed by atoms with E-state index < -0.39 is 0 Å². The van der Waals surface area contributed by atoms with Crippen LogP contribution >= 0.6 is 0 Å². The molecule has 0 aromatic carbocycles. The zero-order chi connectivity index (χ0) is 13.1. The lowest BCUT2D eigenvalue weighted by Crippen LogP contribution is -2.38. The summed E-state index contributed by atoms with van der Waals surface area (Å²) in [4.78, 5) is 22.9. The van der Waals surface area contributed by atoms with Crippen molar-refractivity contribution in [2.75, 3.05) is 19.8 Å². The predicted molar refractivity (Wildman–Crippen MR) is 69.3 cm³/mol. The van der Waals surface area contributed by atoms with Gasteiger partial charge in [0.15, 0.2) is 0 Å². The Balaban J connectivity index is 1.74. The highest BCUT2D eigenvalue weighted by Crippen LogP contribution is 2.33. The zero-order valence-electron chi connectivity index (χ0n) is 11.0. The van der Waals surface area contributed by atoms with Gasteiger partial charge in [-0.2, -0.15) is 0 Å². The molecule has 0 bridgehead atoms. The van der Waals surface area contributed by atoms with Crippen molar-refractivity contribution in [3.05, 3.63) is 24.3 Å². The first kappa shape index (κ1) is 12.5. The van der Waals surface area contributed by atoms with E-state index in [1.807, 2.05) is 11.0 Å². The number of ether oxygens (including phenoxy) is 1. The third-order valence-corrected chi connectivity index (χ3v) is 4.05. The van der Waals surface area contributed by atoms with Crippen molar-refractivity contribution in [2.45, 2.75) is 31.7 Å². The topological polar surface area (TPSA) is 55.3 Å². The first-order valence-electron chi connectivity index (χ1n) is 7.00. The molecule has 0 radical (unpaired) electrons. The Labute approximate surface area is 113 Å². The highest BCUT2D eigenvalue weighted by Gasteiger charge is 2.35. The minimum Gasteiger partial charge on any atom is -0.381 e. The monoisotopic (exact) mass is 261 g/mol. The molecule has 1 aromatic heterocycles. The third-order valence-electron chi connectivity index (χ3n) is 4.05. The van der Waals surface area contributed by atoms with Gasteiger partial charge in [0, 0.05) is 31.9 Å². The van der Waals surface area contributed by atoms with Crippen LogP contribution in [0.2, 0.25) is 0 Å². The molecular weight excluding hydrogens is 242 g/mol. The van der Waals surface area contributed by atoms with Gasteiger partial charge >= 0.3 is 0 Å². The normalized spacial score (nSPS) is 24.6. The third kappa shape index (κ3) is 2.61. The van der Waals surface area contributed by atoms with Gasteiger partial charge in [-0.15, -0.1) is 0 Å². The molecule has 5 nitrogen and oxygen atoms in total. The number of likely N-dealkylation sites (tertiary alicyclic amines) is 1. The van der Waals surface area contributed by atoms with Gasteiger partial charge in [0.1, 0.15) is 6.33 Å². The molecule has 0 saturated carbocycles. The van der Waals surface area contributed by atoms with Crippen LogP contribution in [0.5, 0.6) is 0 Å². The molecule has 0 aliphatic carbocycles. The number of hydrogen-bond acceptors (Lipinski definition) is 4. The van der Waals surface area contributed by atoms with Crippen LogP contribution in [-0.2, 0) is 9.53 Å². The van der Waals surface area contributed by atoms with Crippen LogP contribution in [-0.4, -0.2) is 40.5 Å². The SMILES string of the molecule is O=C(C1CCOCC1)N1CCCC1c1ccncn1. The van der Waals surface area contributed by atoms with Gasteiger partial charge < -0.3 is 9.64 Å². The van der Waals surface area contributed by atoms with Gasteiger partial charge in [-0.3, -0.25) is 4.79 Å². The number of carbonyl (C=O) groups excluding carboxylic acids is 1. The lowest BCUT2D eigenvalue weighted by Gasteiger charge is -2.30. The van der Waals surface area contributed by atoms with Crippen molar-refractivity contribution in [3.8, 4) is 0 Å². The van der Waals surface area contributed by atoms with Crippen molar-refractivity contribution in [1.82, 2.24) is 14.9 Å². The average molecular weight is 261 g/mol. The van der Waals surface area contributed by atoms with Gasteiger partial charge in [-0.1, -0.05) is 0 Å². The summed E-state index contributed by atoms with van der Waals surface area (Å²) >= 11 is 0. The van der Waals surface area contributed by atoms with E-state index >= 15 is 0 Å². The molecule has 2 aliphatic heterocycles. The Morgan fingerprint density at radius 3 is 2.89 bits per heavy atom. The molecule has 1 atom stereocenters. The number of hydrogen-bond donors (Lipinski definition) is 0. The maximum absolute atomic E-state index is 12.6. The molecule has 3 heterocycles. The second-order valence-electron chi connectivity index (χ2n) is 5.21. The number of nitrogens with zero attached hydrogens (tertiary/aromatic N) is 3. The van der Waals surface area contributed by atoms with Crippen LogP contribution < -0.4 is 0 Å². The second kappa shape index (κ2) is 5.65. The van der Waals surface area contributed by atoms with E-state index in [2.05, 4.69) is 9.97 Å². The van der Waals surface area contributed by atoms with Crippen LogP contribution in [0.3, 0.4) is 0 Å². The van der Waals surface area contributed by atoms with Crippen LogP contribution in [0, 0.1) is 5.92 Å². The predicted octanol–water partition coefficient (Wildman–Crippen LogP) is 1.57. The fraction of sp³-hybridized carbons (Fsp3) is 0.643. The first-order chi connectivity index (χ1) is 9.36. The summed E-state index contributed by atoms with van der Waals surface area (Å²) in [7, 11) is 0. The van der Waals surface area contributed by atoms with E-state index in [-0.39, 0.29) is 17.9 Å². The fourth-order valence-electron chi connectivity index (χ4n) is 3.02. The van der Waals surface area contributed by atoms with E-state index in [1.165, 1.54) is 0 Å². The van der Waals surface area contributed by atoms with Crippen LogP contribution in [0.15, 0.2) is 18.6 Å². The van der Waals surface area contributed by atoms with Crippen molar-refractivity contribution >= 4 is 5.91 Å². The quantitative estimate of drug-likeness (QED) is 0.811. The number of amides is 1. The summed E-state index contributed by atoms with van der Waals surface area (Å²) in [6, 6.07) is 2.05. The lowest BCUT2D eigenvalue weighted by atomic mass is 9.98. The molecular formula is C14H19N3O2. The highest BCUT2D eigenvalue weighted by molar-refractivity contribution is 5.79. The molecule has 19 heavy (non-hydrogen) atoms. The van der Waals surface area contributed by atoms with Crippen molar-refractivity contribution in [3.63, 3.8) is 0 Å². The van der Waals surface area contributed by atoms with Crippen molar-refractivity contribution < 1.29 is 9.53 Å². The smallest absolute Gasteiger partial charge is 0.226 e. The summed E-state index contributed by atoms with van der Waals surface area (Å²) in [6.07, 6.45) is 7.08. The maximum atomic E-state index is 12.6. The molecule has 2 fully saturated rings. The summed E-state index contributed by atoms with van der Waals surface area (Å²) in [5, 5.41) is 0. The lowest BCUT2D eigenvalue weighted by molar-refractivity contribution is -0.139. The Morgan fingerprint density at radius 1 is 1.32 bits per heavy atom. The molecule has 0 spiro atoms. The highest BCUT2D eigenvalue weighted by atomic mass is 16.5. The number of aromatic nitrogens is 2. The Morgan fingerprint density at radius 2 is 2.16 bits per heavy atom. The first-order valence-corrected chi connectivity index (χ1v) is 7.00. The van der Waals surface area contributed by atoms with Crippen molar-refractivity contribution in [1.29, 1.82) is 0 Å². The summed E-state index contributed by atoms with van der Waals surface area (Å²) in [6.45, 7) is 2.27. The molecule has 2 saturated heterocycles. The van der Waals surface area contributed by atoms with Gasteiger partial charge in [0.2, 0.25) is 5.91 Å². The Bertz CT molecular complexity index is 432. The van der Waals surface area contributed by atoms with Gasteiger partial charge in [-0.05, 0) is 31.7 Å². The molecule has 1 unspecified atom stereocenters. The molecule has 5 heteroatoms. The number of rotatable bonds is 2. The van der Waals surface area contributed by atoms with Gasteiger partial charge in [0.05, 0.1) is 11.7 Å². The Hall–Kier alpha value is -1.49. The van der Waals surface area contributed by atoms with Crippen LogP contribution in [0.4, 0.5) is 0 Å². The van der Waals surface area contributed by atoms with E-state index in [1.54, 1.807) is 12.5 Å². The number of carbonyl (C=O) groups is 1. The van der Waals surface area contributed by atoms with Gasteiger partial charge in [0.25, 0.3) is 0 Å². The van der Waals surface area contributed by atoms with E-state index in [9.17, 15) is 4.79 Å². The second-order valence-corrected chi connectivity index (χ2v) is 5.21. The molecule has 102 valence electrons. The van der Waals surface area contributed by atoms with E-state index in [4.69, 9.17) is 4.74 Å². The van der Waals surface area contributed by atoms with Crippen LogP contribution in [0.25, 0.3) is 0 Å². The fourth-order valence-corrected chi connectivity index (χ4v) is 3.02. The zero-order valence-corrected chi connectivity index (χ0v) is 11.0. The standard InChI is InChI=1S/C14H19N3O2/c18-14(11-4-8-19-9-5-11)17-7-1-2-13(17)12-3-6-15-10-16-12/h3,6,10-11,13H,1-2,4-5,7-9H2. The maximum Gasteiger partial charge on any atom is 0.226 e. The Kier molecular flexibility index (Phi) is 3.73. The van der Waals surface area contributed by atoms with Crippen LogP contribution in [0.1, 0.15) is 37.4 Å². The van der Waals surface area contributed by atoms with Gasteiger partial charge in [-0.25, -0.2) is 9.97 Å². The molecule has 3 rings (SSSR count). The minimum atomic E-state index is 0.135.